The third-order valence-corrected chi connectivity index (χ3v) is 6.67. The molecule has 6 heteroatoms. The van der Waals surface area contributed by atoms with E-state index in [0.29, 0.717) is 32.8 Å². The Morgan fingerprint density at radius 2 is 1.69 bits per heavy atom. The maximum atomic E-state index is 13.9. The first-order valence-corrected chi connectivity index (χ1v) is 11.1. The van der Waals surface area contributed by atoms with Crippen LogP contribution in [0.5, 0.6) is 0 Å². The number of aryl methyl sites for hydroxylation is 1. The van der Waals surface area contributed by atoms with Crippen LogP contribution >= 0.6 is 0 Å². The monoisotopic (exact) mass is 399 g/mol. The molecular formula is C23H33N3O3. The largest absolute Gasteiger partial charge is 0.378 e. The summed E-state index contributed by atoms with van der Waals surface area (Å²) in [5.74, 6) is 0.210. The van der Waals surface area contributed by atoms with Crippen molar-refractivity contribution in [3.63, 3.8) is 0 Å². The van der Waals surface area contributed by atoms with E-state index in [4.69, 9.17) is 4.74 Å². The Bertz CT molecular complexity index is 721. The van der Waals surface area contributed by atoms with Gasteiger partial charge in [0.15, 0.2) is 0 Å². The zero-order chi connectivity index (χ0) is 20.3. The molecule has 0 radical (unpaired) electrons. The summed E-state index contributed by atoms with van der Waals surface area (Å²) >= 11 is 0. The first-order valence-electron chi connectivity index (χ1n) is 11.1. The summed E-state index contributed by atoms with van der Waals surface area (Å²) in [5.41, 5.74) is 1.60. The van der Waals surface area contributed by atoms with E-state index in [1.807, 2.05) is 9.80 Å². The fourth-order valence-electron chi connectivity index (χ4n) is 5.00. The second kappa shape index (κ2) is 8.74. The molecule has 2 heterocycles. The maximum absolute atomic E-state index is 13.9. The third kappa shape index (κ3) is 4.27. The summed E-state index contributed by atoms with van der Waals surface area (Å²) in [7, 11) is 0. The van der Waals surface area contributed by atoms with Crippen molar-refractivity contribution in [2.45, 2.75) is 63.5 Å². The van der Waals surface area contributed by atoms with Crippen LogP contribution in [0.15, 0.2) is 24.3 Å². The van der Waals surface area contributed by atoms with E-state index in [1.54, 1.807) is 0 Å². The molecule has 1 aromatic rings. The Hall–Kier alpha value is -2.08. The number of likely N-dealkylation sites (tertiary alicyclic amines) is 1. The SMILES string of the molecule is Cc1ccc(NC2(C(=O)N3CCC[C@H]3C(=O)N3CCOCC3)CCCCC2)cc1. The number of nitrogens with zero attached hydrogens (tertiary/aromatic N) is 2. The van der Waals surface area contributed by atoms with Gasteiger partial charge in [0.25, 0.3) is 0 Å². The van der Waals surface area contributed by atoms with E-state index < -0.39 is 5.54 Å². The van der Waals surface area contributed by atoms with E-state index in [-0.39, 0.29) is 17.9 Å². The van der Waals surface area contributed by atoms with Gasteiger partial charge in [0, 0.05) is 25.3 Å². The Labute approximate surface area is 173 Å². The Morgan fingerprint density at radius 3 is 2.38 bits per heavy atom. The number of ether oxygens (including phenoxy) is 1. The first-order chi connectivity index (χ1) is 14.1. The van der Waals surface area contributed by atoms with Crippen LogP contribution in [0.2, 0.25) is 0 Å². The van der Waals surface area contributed by atoms with Crippen molar-refractivity contribution in [2.75, 3.05) is 38.2 Å². The number of nitrogens with one attached hydrogen (secondary N) is 1. The van der Waals surface area contributed by atoms with Gasteiger partial charge in [-0.2, -0.15) is 0 Å². The van der Waals surface area contributed by atoms with Crippen molar-refractivity contribution in [1.29, 1.82) is 0 Å². The second-order valence-corrected chi connectivity index (χ2v) is 8.73. The second-order valence-electron chi connectivity index (χ2n) is 8.73. The zero-order valence-corrected chi connectivity index (χ0v) is 17.5. The average Bonchev–Trinajstić information content (AvgIpc) is 3.25. The molecule has 2 amide bonds. The predicted octanol–water partition coefficient (Wildman–Crippen LogP) is 2.96. The summed E-state index contributed by atoms with van der Waals surface area (Å²) < 4.78 is 5.39. The van der Waals surface area contributed by atoms with Gasteiger partial charge < -0.3 is 19.9 Å². The van der Waals surface area contributed by atoms with Crippen molar-refractivity contribution < 1.29 is 14.3 Å². The van der Waals surface area contributed by atoms with Crippen molar-refractivity contribution in [1.82, 2.24) is 9.80 Å². The first kappa shape index (κ1) is 20.2. The Kier molecular flexibility index (Phi) is 6.09. The smallest absolute Gasteiger partial charge is 0.248 e. The van der Waals surface area contributed by atoms with Gasteiger partial charge in [-0.3, -0.25) is 9.59 Å². The van der Waals surface area contributed by atoms with E-state index in [0.717, 1.165) is 44.2 Å². The molecule has 1 atom stereocenters. The lowest BCUT2D eigenvalue weighted by atomic mass is 9.80. The van der Waals surface area contributed by atoms with E-state index >= 15 is 0 Å². The minimum Gasteiger partial charge on any atom is -0.378 e. The molecule has 1 aromatic carbocycles. The molecule has 158 valence electrons. The van der Waals surface area contributed by atoms with E-state index in [1.165, 1.54) is 12.0 Å². The lowest BCUT2D eigenvalue weighted by molar-refractivity contribution is -0.149. The number of morpholine rings is 1. The van der Waals surface area contributed by atoms with Crippen LogP contribution in [-0.4, -0.2) is 66.0 Å². The van der Waals surface area contributed by atoms with E-state index in [9.17, 15) is 9.59 Å². The summed E-state index contributed by atoms with van der Waals surface area (Å²) in [5, 5.41) is 3.60. The molecule has 3 aliphatic rings. The molecule has 29 heavy (non-hydrogen) atoms. The number of amides is 2. The van der Waals surface area contributed by atoms with Crippen LogP contribution in [0, 0.1) is 6.92 Å². The fourth-order valence-corrected chi connectivity index (χ4v) is 5.00. The standard InChI is InChI=1S/C23H33N3O3/c1-18-7-9-19(10-8-18)24-23(11-3-2-4-12-23)22(28)26-13-5-6-20(26)21(27)25-14-16-29-17-15-25/h7-10,20,24H,2-6,11-17H2,1H3/t20-/m0/s1. The molecule has 1 N–H and O–H groups in total. The quantitative estimate of drug-likeness (QED) is 0.846. The van der Waals surface area contributed by atoms with Gasteiger partial charge in [-0.1, -0.05) is 37.0 Å². The van der Waals surface area contributed by atoms with Crippen LogP contribution in [0.4, 0.5) is 5.69 Å². The van der Waals surface area contributed by atoms with Gasteiger partial charge in [0.1, 0.15) is 11.6 Å². The molecule has 0 bridgehead atoms. The summed E-state index contributed by atoms with van der Waals surface area (Å²) in [6.45, 7) is 5.18. The Morgan fingerprint density at radius 1 is 1.00 bits per heavy atom. The summed E-state index contributed by atoms with van der Waals surface area (Å²) in [6, 6.07) is 7.94. The lowest BCUT2D eigenvalue weighted by Crippen LogP contribution is -2.59. The number of rotatable bonds is 4. The van der Waals surface area contributed by atoms with Crippen LogP contribution < -0.4 is 5.32 Å². The predicted molar refractivity (Wildman–Crippen MR) is 113 cm³/mol. The van der Waals surface area contributed by atoms with Gasteiger partial charge in [0.05, 0.1) is 13.2 Å². The lowest BCUT2D eigenvalue weighted by Gasteiger charge is -2.42. The van der Waals surface area contributed by atoms with Crippen LogP contribution in [0.1, 0.15) is 50.5 Å². The van der Waals surface area contributed by atoms with Crippen molar-refractivity contribution in [3.05, 3.63) is 29.8 Å². The number of benzene rings is 1. The number of hydrogen-bond donors (Lipinski definition) is 1. The molecule has 1 saturated carbocycles. The molecule has 4 rings (SSSR count). The van der Waals surface area contributed by atoms with Gasteiger partial charge in [0.2, 0.25) is 11.8 Å². The van der Waals surface area contributed by atoms with Crippen molar-refractivity contribution in [2.24, 2.45) is 0 Å². The van der Waals surface area contributed by atoms with Crippen molar-refractivity contribution >= 4 is 17.5 Å². The van der Waals surface area contributed by atoms with Crippen LogP contribution in [-0.2, 0) is 14.3 Å². The molecular weight excluding hydrogens is 366 g/mol. The number of carbonyl (C=O) groups excluding carboxylic acids is 2. The summed E-state index contributed by atoms with van der Waals surface area (Å²) in [4.78, 5) is 30.8. The third-order valence-electron chi connectivity index (χ3n) is 6.67. The molecule has 2 aliphatic heterocycles. The van der Waals surface area contributed by atoms with Gasteiger partial charge in [-0.05, 0) is 44.7 Å². The number of hydrogen-bond acceptors (Lipinski definition) is 4. The van der Waals surface area contributed by atoms with E-state index in [2.05, 4.69) is 36.5 Å². The molecule has 2 saturated heterocycles. The fraction of sp³-hybridized carbons (Fsp3) is 0.652. The van der Waals surface area contributed by atoms with Gasteiger partial charge >= 0.3 is 0 Å². The van der Waals surface area contributed by atoms with Crippen molar-refractivity contribution in [3.8, 4) is 0 Å². The van der Waals surface area contributed by atoms with Gasteiger partial charge in [-0.15, -0.1) is 0 Å². The Balaban J connectivity index is 1.54. The van der Waals surface area contributed by atoms with Crippen LogP contribution in [0.3, 0.4) is 0 Å². The molecule has 1 aliphatic carbocycles. The molecule has 0 spiro atoms. The van der Waals surface area contributed by atoms with Crippen LogP contribution in [0.25, 0.3) is 0 Å². The minimum absolute atomic E-state index is 0.0976. The average molecular weight is 400 g/mol. The molecule has 6 nitrogen and oxygen atoms in total. The highest BCUT2D eigenvalue weighted by atomic mass is 16.5. The summed E-state index contributed by atoms with van der Waals surface area (Å²) in [6.07, 6.45) is 6.57. The highest BCUT2D eigenvalue weighted by Gasteiger charge is 2.47. The topological polar surface area (TPSA) is 61.9 Å². The highest BCUT2D eigenvalue weighted by Crippen LogP contribution is 2.36. The number of carbonyl (C=O) groups is 2. The van der Waals surface area contributed by atoms with Gasteiger partial charge in [-0.25, -0.2) is 0 Å². The molecule has 0 aromatic heterocycles. The highest BCUT2D eigenvalue weighted by molar-refractivity contribution is 5.94. The maximum Gasteiger partial charge on any atom is 0.248 e. The molecule has 3 fully saturated rings. The molecule has 0 unspecified atom stereocenters. The minimum atomic E-state index is -0.596. The zero-order valence-electron chi connectivity index (χ0n) is 17.5. The normalized spacial score (nSPS) is 24.4. The number of anilines is 1.